The molecule has 1 saturated heterocycles. The van der Waals surface area contributed by atoms with Gasteiger partial charge >= 0.3 is 5.97 Å². The highest BCUT2D eigenvalue weighted by atomic mass is 16.7. The molecule has 408 valence electrons. The maximum absolute atomic E-state index is 13.0. The van der Waals surface area contributed by atoms with Gasteiger partial charge in [0.2, 0.25) is 5.91 Å². The average molecular weight is 983 g/mol. The van der Waals surface area contributed by atoms with Crippen molar-refractivity contribution in [3.63, 3.8) is 0 Å². The summed E-state index contributed by atoms with van der Waals surface area (Å²) in [5.74, 6) is -0.201. The fourth-order valence-corrected chi connectivity index (χ4v) is 9.44. The van der Waals surface area contributed by atoms with E-state index < -0.39 is 49.5 Å². The normalized spacial score (nSPS) is 19.3. The zero-order valence-electron chi connectivity index (χ0n) is 44.8. The number of allylic oxidation sites excluding steroid dienone is 1. The van der Waals surface area contributed by atoms with Crippen LogP contribution in [0.1, 0.15) is 284 Å². The van der Waals surface area contributed by atoms with Gasteiger partial charge in [0.05, 0.1) is 32.0 Å². The summed E-state index contributed by atoms with van der Waals surface area (Å²) in [6.07, 6.45) is 45.7. The highest BCUT2D eigenvalue weighted by Gasteiger charge is 2.44. The first-order valence-electron chi connectivity index (χ1n) is 29.5. The number of esters is 1. The molecule has 7 atom stereocenters. The molecule has 7 unspecified atom stereocenters. The van der Waals surface area contributed by atoms with E-state index in [2.05, 4.69) is 19.2 Å². The molecule has 1 amide bonds. The van der Waals surface area contributed by atoms with E-state index in [1.807, 2.05) is 6.08 Å². The Labute approximate surface area is 423 Å². The van der Waals surface area contributed by atoms with E-state index in [9.17, 15) is 35.1 Å². The standard InChI is InChI=1S/C58H111NO10/c1-3-5-7-9-11-13-15-16-21-25-28-32-36-40-44-51(61)50(49-68-58-57(66)56(65)55(64)52(48-60)69-58)59-53(62)45-41-37-33-29-26-22-19-17-18-20-23-27-31-35-39-43-47-67-54(63)46-42-38-34-30-24-14-12-10-8-6-4-2/h40,44,50-52,55-58,60-61,64-66H,3-39,41-43,45-49H2,1-2H3,(H,59,62)/b44-40+. The lowest BCUT2D eigenvalue weighted by atomic mass is 9.99. The molecular weight excluding hydrogens is 871 g/mol. The van der Waals surface area contributed by atoms with Gasteiger partial charge in [-0.3, -0.25) is 9.59 Å². The van der Waals surface area contributed by atoms with E-state index in [1.165, 1.54) is 193 Å². The zero-order chi connectivity index (χ0) is 50.3. The number of hydrogen-bond donors (Lipinski definition) is 6. The van der Waals surface area contributed by atoms with Crippen molar-refractivity contribution in [2.24, 2.45) is 0 Å². The predicted molar refractivity (Wildman–Crippen MR) is 283 cm³/mol. The van der Waals surface area contributed by atoms with Crippen molar-refractivity contribution < 1.29 is 49.3 Å². The topological polar surface area (TPSA) is 175 Å². The Balaban J connectivity index is 2.13. The van der Waals surface area contributed by atoms with Crippen LogP contribution in [0.4, 0.5) is 0 Å². The number of unbranched alkanes of at least 4 members (excludes halogenated alkanes) is 37. The van der Waals surface area contributed by atoms with Crippen LogP contribution in [0, 0.1) is 0 Å². The maximum Gasteiger partial charge on any atom is 0.305 e. The van der Waals surface area contributed by atoms with Crippen molar-refractivity contribution in [1.82, 2.24) is 5.32 Å². The number of aliphatic hydroxyl groups is 5. The summed E-state index contributed by atoms with van der Waals surface area (Å²) in [7, 11) is 0. The van der Waals surface area contributed by atoms with Gasteiger partial charge in [0.1, 0.15) is 24.4 Å². The number of amides is 1. The molecule has 69 heavy (non-hydrogen) atoms. The van der Waals surface area contributed by atoms with Crippen LogP contribution >= 0.6 is 0 Å². The molecule has 0 aliphatic carbocycles. The second-order valence-electron chi connectivity index (χ2n) is 20.7. The van der Waals surface area contributed by atoms with Gasteiger partial charge in [0, 0.05) is 12.8 Å². The van der Waals surface area contributed by atoms with Crippen LogP contribution in [0.3, 0.4) is 0 Å². The van der Waals surface area contributed by atoms with Crippen molar-refractivity contribution in [3.8, 4) is 0 Å². The summed E-state index contributed by atoms with van der Waals surface area (Å²) in [4.78, 5) is 25.1. The van der Waals surface area contributed by atoms with Gasteiger partial charge < -0.3 is 45.1 Å². The van der Waals surface area contributed by atoms with Crippen LogP contribution in [0.5, 0.6) is 0 Å². The monoisotopic (exact) mass is 982 g/mol. The van der Waals surface area contributed by atoms with Crippen molar-refractivity contribution in [2.45, 2.75) is 326 Å². The zero-order valence-corrected chi connectivity index (χ0v) is 44.8. The molecule has 0 bridgehead atoms. The molecule has 0 saturated carbocycles. The van der Waals surface area contributed by atoms with Crippen molar-refractivity contribution in [2.75, 3.05) is 19.8 Å². The molecule has 1 aliphatic rings. The molecule has 0 radical (unpaired) electrons. The Kier molecular flexibility index (Phi) is 46.1. The number of aliphatic hydroxyl groups excluding tert-OH is 5. The molecular formula is C58H111NO10. The highest BCUT2D eigenvalue weighted by molar-refractivity contribution is 5.76. The van der Waals surface area contributed by atoms with E-state index in [4.69, 9.17) is 14.2 Å². The summed E-state index contributed by atoms with van der Waals surface area (Å²) in [5, 5.41) is 54.4. The summed E-state index contributed by atoms with van der Waals surface area (Å²) in [5.41, 5.74) is 0. The van der Waals surface area contributed by atoms with Crippen molar-refractivity contribution >= 4 is 11.9 Å². The van der Waals surface area contributed by atoms with Crippen LogP contribution in [0.2, 0.25) is 0 Å². The maximum atomic E-state index is 13.0. The first-order valence-corrected chi connectivity index (χ1v) is 29.5. The molecule has 1 rings (SSSR count). The molecule has 6 N–H and O–H groups in total. The lowest BCUT2D eigenvalue weighted by Gasteiger charge is -2.40. The molecule has 1 fully saturated rings. The van der Waals surface area contributed by atoms with Crippen LogP contribution in [-0.4, -0.2) is 100 Å². The minimum atomic E-state index is -1.57. The van der Waals surface area contributed by atoms with E-state index >= 15 is 0 Å². The lowest BCUT2D eigenvalue weighted by Crippen LogP contribution is -2.60. The Morgan fingerprint density at radius 2 is 0.913 bits per heavy atom. The number of rotatable bonds is 51. The van der Waals surface area contributed by atoms with Gasteiger partial charge in [-0.15, -0.1) is 0 Å². The van der Waals surface area contributed by atoms with E-state index in [0.717, 1.165) is 64.2 Å². The fourth-order valence-electron chi connectivity index (χ4n) is 9.44. The van der Waals surface area contributed by atoms with Gasteiger partial charge in [-0.05, 0) is 32.1 Å². The largest absolute Gasteiger partial charge is 0.466 e. The summed E-state index contributed by atoms with van der Waals surface area (Å²) >= 11 is 0. The Morgan fingerprint density at radius 3 is 1.35 bits per heavy atom. The summed E-state index contributed by atoms with van der Waals surface area (Å²) in [6, 6.07) is -0.814. The molecule has 1 heterocycles. The third-order valence-corrected chi connectivity index (χ3v) is 14.2. The Hall–Kier alpha value is -1.60. The second kappa shape index (κ2) is 48.7. The van der Waals surface area contributed by atoms with Crippen LogP contribution < -0.4 is 5.32 Å². The number of ether oxygens (including phenoxy) is 3. The Bertz CT molecular complexity index is 1160. The van der Waals surface area contributed by atoms with Crippen LogP contribution in [0.25, 0.3) is 0 Å². The molecule has 0 aromatic carbocycles. The van der Waals surface area contributed by atoms with Gasteiger partial charge in [-0.2, -0.15) is 0 Å². The van der Waals surface area contributed by atoms with Crippen molar-refractivity contribution in [3.05, 3.63) is 12.2 Å². The highest BCUT2D eigenvalue weighted by Crippen LogP contribution is 2.23. The minimum Gasteiger partial charge on any atom is -0.466 e. The minimum absolute atomic E-state index is 0.0146. The molecule has 11 heteroatoms. The number of carbonyl (C=O) groups is 2. The average Bonchev–Trinajstić information content (AvgIpc) is 3.34. The number of carbonyl (C=O) groups excluding carboxylic acids is 2. The Morgan fingerprint density at radius 1 is 0.522 bits per heavy atom. The SMILES string of the molecule is CCCCCCCCCCCCCC/C=C/C(O)C(COC1OC(CO)C(O)C(O)C1O)NC(=O)CCCCCCCCCCCCCCCCCCOC(=O)CCCCCCCCCCCCC. The van der Waals surface area contributed by atoms with E-state index in [1.54, 1.807) is 6.08 Å². The van der Waals surface area contributed by atoms with Gasteiger partial charge in [0.15, 0.2) is 6.29 Å². The number of nitrogens with one attached hydrogen (secondary N) is 1. The summed E-state index contributed by atoms with van der Waals surface area (Å²) in [6.45, 7) is 4.33. The summed E-state index contributed by atoms with van der Waals surface area (Å²) < 4.78 is 16.7. The predicted octanol–water partition coefficient (Wildman–Crippen LogP) is 13.2. The third-order valence-electron chi connectivity index (χ3n) is 14.2. The fraction of sp³-hybridized carbons (Fsp3) is 0.931. The first-order chi connectivity index (χ1) is 33.7. The van der Waals surface area contributed by atoms with Crippen LogP contribution in [0.15, 0.2) is 12.2 Å². The number of hydrogen-bond acceptors (Lipinski definition) is 10. The van der Waals surface area contributed by atoms with Gasteiger partial charge in [-0.25, -0.2) is 0 Å². The van der Waals surface area contributed by atoms with E-state index in [0.29, 0.717) is 19.4 Å². The smallest absolute Gasteiger partial charge is 0.305 e. The van der Waals surface area contributed by atoms with Crippen LogP contribution in [-0.2, 0) is 23.8 Å². The molecule has 0 spiro atoms. The van der Waals surface area contributed by atoms with Gasteiger partial charge in [-0.1, -0.05) is 251 Å². The molecule has 1 aliphatic heterocycles. The third kappa shape index (κ3) is 38.7. The first kappa shape index (κ1) is 65.4. The van der Waals surface area contributed by atoms with Gasteiger partial charge in [0.25, 0.3) is 0 Å². The van der Waals surface area contributed by atoms with E-state index in [-0.39, 0.29) is 18.5 Å². The molecule has 0 aromatic rings. The second-order valence-corrected chi connectivity index (χ2v) is 20.7. The quantitative estimate of drug-likeness (QED) is 0.0195. The molecule has 11 nitrogen and oxygen atoms in total. The van der Waals surface area contributed by atoms with Crippen molar-refractivity contribution in [1.29, 1.82) is 0 Å². The lowest BCUT2D eigenvalue weighted by molar-refractivity contribution is -0.302. The molecule has 0 aromatic heterocycles.